The highest BCUT2D eigenvalue weighted by molar-refractivity contribution is 5.93. The molecule has 0 aromatic heterocycles. The second-order valence-electron chi connectivity index (χ2n) is 4.87. The lowest BCUT2D eigenvalue weighted by Gasteiger charge is -2.21. The molecule has 0 heterocycles. The highest BCUT2D eigenvalue weighted by Gasteiger charge is 2.15. The molecule has 0 fully saturated rings. The van der Waals surface area contributed by atoms with Gasteiger partial charge in [-0.1, -0.05) is 0 Å². The van der Waals surface area contributed by atoms with E-state index in [1.165, 1.54) is 12.1 Å². The number of rotatable bonds is 2. The van der Waals surface area contributed by atoms with Gasteiger partial charge < -0.3 is 20.8 Å². The topological polar surface area (TPSA) is 98.7 Å². The van der Waals surface area contributed by atoms with E-state index in [0.29, 0.717) is 0 Å². The van der Waals surface area contributed by atoms with Crippen LogP contribution < -0.4 is 10.6 Å². The average Bonchev–Trinajstić information content (AvgIpc) is 2.17. The maximum atomic E-state index is 11.5. The van der Waals surface area contributed by atoms with Crippen LogP contribution in [0.15, 0.2) is 18.2 Å². The summed E-state index contributed by atoms with van der Waals surface area (Å²) in [6.45, 7) is 5.46. The van der Waals surface area contributed by atoms with Crippen LogP contribution in [0.5, 0.6) is 5.75 Å². The van der Waals surface area contributed by atoms with Crippen LogP contribution in [0.3, 0.4) is 0 Å². The molecule has 98 valence electrons. The first-order valence-corrected chi connectivity index (χ1v) is 5.34. The summed E-state index contributed by atoms with van der Waals surface area (Å²) in [5.41, 5.74) is -0.295. The highest BCUT2D eigenvalue weighted by Crippen LogP contribution is 2.24. The Morgan fingerprint density at radius 1 is 1.22 bits per heavy atom. The molecular formula is C12H16N2O4. The van der Waals surface area contributed by atoms with E-state index in [1.807, 2.05) is 20.8 Å². The standard InChI is InChI=1S/C12H16N2O4/c1-12(2,3)14-11(18)13-8-5-4-7(10(16)17)6-9(8)15/h4-6,15H,1-3H3,(H,16,17)(H2,13,14,18). The molecule has 6 heteroatoms. The van der Waals surface area contributed by atoms with Gasteiger partial charge in [0, 0.05) is 5.54 Å². The number of urea groups is 1. The number of carboxylic acid groups (broad SMARTS) is 1. The Morgan fingerprint density at radius 3 is 2.28 bits per heavy atom. The molecule has 4 N–H and O–H groups in total. The summed E-state index contributed by atoms with van der Waals surface area (Å²) in [5, 5.41) is 23.4. The van der Waals surface area contributed by atoms with Crippen molar-refractivity contribution >= 4 is 17.7 Å². The van der Waals surface area contributed by atoms with Crippen LogP contribution in [-0.2, 0) is 0 Å². The monoisotopic (exact) mass is 252 g/mol. The molecule has 2 amide bonds. The molecule has 0 saturated carbocycles. The molecule has 6 nitrogen and oxygen atoms in total. The van der Waals surface area contributed by atoms with Crippen molar-refractivity contribution in [2.24, 2.45) is 0 Å². The zero-order valence-corrected chi connectivity index (χ0v) is 10.4. The molecule has 0 bridgehead atoms. The Kier molecular flexibility index (Phi) is 3.80. The molecule has 18 heavy (non-hydrogen) atoms. The molecule has 0 radical (unpaired) electrons. The van der Waals surface area contributed by atoms with Gasteiger partial charge in [-0.25, -0.2) is 9.59 Å². The lowest BCUT2D eigenvalue weighted by molar-refractivity contribution is 0.0696. The second kappa shape index (κ2) is 4.95. The molecule has 0 aliphatic rings. The summed E-state index contributed by atoms with van der Waals surface area (Å²) >= 11 is 0. The minimum absolute atomic E-state index is 0.0470. The smallest absolute Gasteiger partial charge is 0.335 e. The lowest BCUT2D eigenvalue weighted by atomic mass is 10.1. The van der Waals surface area contributed by atoms with Crippen molar-refractivity contribution in [1.29, 1.82) is 0 Å². The molecule has 0 spiro atoms. The molecule has 0 aliphatic heterocycles. The molecule has 1 aromatic rings. The number of carbonyl (C=O) groups excluding carboxylic acids is 1. The summed E-state index contributed by atoms with van der Waals surface area (Å²) in [7, 11) is 0. The third-order valence-corrected chi connectivity index (χ3v) is 1.98. The van der Waals surface area contributed by atoms with Crippen LogP contribution in [0.25, 0.3) is 0 Å². The van der Waals surface area contributed by atoms with E-state index in [2.05, 4.69) is 10.6 Å². The van der Waals surface area contributed by atoms with E-state index < -0.39 is 17.5 Å². The van der Waals surface area contributed by atoms with Crippen LogP contribution in [0.2, 0.25) is 0 Å². The van der Waals surface area contributed by atoms with Gasteiger partial charge in [0.15, 0.2) is 0 Å². The predicted octanol–water partition coefficient (Wildman–Crippen LogP) is 2.01. The number of aromatic hydroxyl groups is 1. The van der Waals surface area contributed by atoms with Crippen molar-refractivity contribution in [1.82, 2.24) is 5.32 Å². The summed E-state index contributed by atoms with van der Waals surface area (Å²) in [4.78, 5) is 22.2. The summed E-state index contributed by atoms with van der Waals surface area (Å²) in [6, 6.07) is 3.24. The number of nitrogens with one attached hydrogen (secondary N) is 2. The molecule has 1 rings (SSSR count). The van der Waals surface area contributed by atoms with E-state index in [0.717, 1.165) is 6.07 Å². The fourth-order valence-electron chi connectivity index (χ4n) is 1.26. The lowest BCUT2D eigenvalue weighted by Crippen LogP contribution is -2.43. The normalized spacial score (nSPS) is 10.8. The van der Waals surface area contributed by atoms with Crippen LogP contribution in [-0.4, -0.2) is 27.8 Å². The minimum Gasteiger partial charge on any atom is -0.506 e. The number of benzene rings is 1. The highest BCUT2D eigenvalue weighted by atomic mass is 16.4. The van der Waals surface area contributed by atoms with Gasteiger partial charge >= 0.3 is 12.0 Å². The number of hydrogen-bond donors (Lipinski definition) is 4. The molecule has 1 aromatic carbocycles. The largest absolute Gasteiger partial charge is 0.506 e. The first-order chi connectivity index (χ1) is 8.19. The Hall–Kier alpha value is -2.24. The molecule has 0 saturated heterocycles. The van der Waals surface area contributed by atoms with E-state index in [9.17, 15) is 14.7 Å². The van der Waals surface area contributed by atoms with Crippen LogP contribution >= 0.6 is 0 Å². The second-order valence-corrected chi connectivity index (χ2v) is 4.87. The number of anilines is 1. The Labute approximate surface area is 105 Å². The zero-order chi connectivity index (χ0) is 13.9. The van der Waals surface area contributed by atoms with Crippen molar-refractivity contribution in [3.8, 4) is 5.75 Å². The minimum atomic E-state index is -1.14. The van der Waals surface area contributed by atoms with Gasteiger partial charge in [0.25, 0.3) is 0 Å². The molecule has 0 unspecified atom stereocenters. The van der Waals surface area contributed by atoms with E-state index in [1.54, 1.807) is 0 Å². The Bertz CT molecular complexity index is 477. The summed E-state index contributed by atoms with van der Waals surface area (Å²) in [6.07, 6.45) is 0. The fraction of sp³-hybridized carbons (Fsp3) is 0.333. The number of hydrogen-bond acceptors (Lipinski definition) is 3. The van der Waals surface area contributed by atoms with E-state index >= 15 is 0 Å². The van der Waals surface area contributed by atoms with Crippen molar-refractivity contribution in [3.63, 3.8) is 0 Å². The van der Waals surface area contributed by atoms with Crippen molar-refractivity contribution in [2.75, 3.05) is 5.32 Å². The van der Waals surface area contributed by atoms with Gasteiger partial charge in [0.1, 0.15) is 5.75 Å². The summed E-state index contributed by atoms with van der Waals surface area (Å²) in [5.74, 6) is -1.44. The number of carbonyl (C=O) groups is 2. The van der Waals surface area contributed by atoms with E-state index in [4.69, 9.17) is 5.11 Å². The van der Waals surface area contributed by atoms with Crippen molar-refractivity contribution < 1.29 is 19.8 Å². The number of carboxylic acids is 1. The Balaban J connectivity index is 2.80. The third-order valence-electron chi connectivity index (χ3n) is 1.98. The van der Waals surface area contributed by atoms with Gasteiger partial charge in [-0.15, -0.1) is 0 Å². The zero-order valence-electron chi connectivity index (χ0n) is 10.4. The maximum Gasteiger partial charge on any atom is 0.335 e. The number of amides is 2. The first-order valence-electron chi connectivity index (χ1n) is 5.34. The van der Waals surface area contributed by atoms with Gasteiger partial charge in [-0.3, -0.25) is 0 Å². The average molecular weight is 252 g/mol. The number of phenols is 1. The van der Waals surface area contributed by atoms with Crippen LogP contribution in [0, 0.1) is 0 Å². The van der Waals surface area contributed by atoms with Crippen molar-refractivity contribution in [3.05, 3.63) is 23.8 Å². The quantitative estimate of drug-likeness (QED) is 0.605. The fourth-order valence-corrected chi connectivity index (χ4v) is 1.26. The first kappa shape index (κ1) is 13.8. The molecular weight excluding hydrogens is 236 g/mol. The van der Waals surface area contributed by atoms with Gasteiger partial charge in [0.2, 0.25) is 0 Å². The maximum absolute atomic E-state index is 11.5. The molecule has 0 atom stereocenters. The van der Waals surface area contributed by atoms with Gasteiger partial charge in [-0.05, 0) is 39.0 Å². The van der Waals surface area contributed by atoms with Gasteiger partial charge in [0.05, 0.1) is 11.3 Å². The van der Waals surface area contributed by atoms with Crippen LogP contribution in [0.4, 0.5) is 10.5 Å². The van der Waals surface area contributed by atoms with Crippen molar-refractivity contribution in [2.45, 2.75) is 26.3 Å². The Morgan fingerprint density at radius 2 is 1.83 bits per heavy atom. The predicted molar refractivity (Wildman–Crippen MR) is 67.0 cm³/mol. The third kappa shape index (κ3) is 3.97. The SMILES string of the molecule is CC(C)(C)NC(=O)Nc1ccc(C(=O)O)cc1O. The number of aromatic carboxylic acids is 1. The summed E-state index contributed by atoms with van der Waals surface area (Å²) < 4.78 is 0. The van der Waals surface area contributed by atoms with E-state index in [-0.39, 0.29) is 17.0 Å². The number of phenolic OH excluding ortho intramolecular Hbond substituents is 1. The van der Waals surface area contributed by atoms with Gasteiger partial charge in [-0.2, -0.15) is 0 Å². The van der Waals surface area contributed by atoms with Crippen LogP contribution in [0.1, 0.15) is 31.1 Å². The molecule has 0 aliphatic carbocycles.